The fourth-order valence-corrected chi connectivity index (χ4v) is 18.0. The number of likely N-dealkylation sites (N-methyl/N-ethyl adjacent to an activating group) is 1. The van der Waals surface area contributed by atoms with Crippen LogP contribution in [-0.4, -0.2) is 260 Å². The number of benzene rings is 4. The number of aryl methyl sites for hydroxylation is 1. The predicted molar refractivity (Wildman–Crippen MR) is 487 cm³/mol. The van der Waals surface area contributed by atoms with Crippen LogP contribution in [-0.2, 0) is 117 Å². The summed E-state index contributed by atoms with van der Waals surface area (Å²) in [5, 5.41) is 55.2. The first-order chi connectivity index (χ1) is 62.6. The number of carboxylic acid groups (broad SMARTS) is 1. The number of carbonyl (C=O) groups is 18. The number of aliphatic hydroxyl groups excluding tert-OH is 1. The fourth-order valence-electron chi connectivity index (χ4n) is 15.2. The quantitative estimate of drug-likeness (QED) is 0.0166. The minimum absolute atomic E-state index is 0.102. The number of Topliss-reactive ketones (excluding diaryl/α,β-unsaturated/α-hetero) is 2. The zero-order chi connectivity index (χ0) is 96.7. The highest BCUT2D eigenvalue weighted by molar-refractivity contribution is 8.77. The van der Waals surface area contributed by atoms with Crippen molar-refractivity contribution < 1.29 is 106 Å². The van der Waals surface area contributed by atoms with Gasteiger partial charge >= 0.3 is 5.97 Å². The third-order valence-corrected chi connectivity index (χ3v) is 25.5. The Hall–Kier alpha value is -12.9. The van der Waals surface area contributed by atoms with Gasteiger partial charge in [0.25, 0.3) is 0 Å². The number of hydrogen-bond acceptors (Lipinski definition) is 25. The van der Waals surface area contributed by atoms with Crippen molar-refractivity contribution >= 4 is 149 Å². The summed E-state index contributed by atoms with van der Waals surface area (Å²) < 4.78 is 9.89. The summed E-state index contributed by atoms with van der Waals surface area (Å²) in [6.07, 6.45) is -2.82. The van der Waals surface area contributed by atoms with Crippen LogP contribution in [0.2, 0.25) is 0 Å². The number of ketones is 2. The number of pyridine rings is 1. The molecule has 15 amide bonds. The minimum Gasteiger partial charge on any atom is -0.492 e. The molecule has 4 aromatic carbocycles. The van der Waals surface area contributed by atoms with Gasteiger partial charge in [-0.3, -0.25) is 91.3 Å². The Kier molecular flexibility index (Phi) is 39.5. The molecule has 40 nitrogen and oxygen atoms in total. The molecule has 21 N–H and O–H groups in total. The molecular formula is C90H118N18O22S2. The van der Waals surface area contributed by atoms with Gasteiger partial charge in [0.15, 0.2) is 5.78 Å². The third-order valence-electron chi connectivity index (χ3n) is 22.2. The topological polar surface area (TPSA) is 621 Å². The van der Waals surface area contributed by atoms with E-state index in [9.17, 15) is 67.7 Å². The van der Waals surface area contributed by atoms with Crippen LogP contribution in [0.5, 0.6) is 5.75 Å². The highest BCUT2D eigenvalue weighted by Gasteiger charge is 2.47. The van der Waals surface area contributed by atoms with E-state index in [4.69, 9.17) is 26.7 Å². The maximum atomic E-state index is 16.2. The van der Waals surface area contributed by atoms with Gasteiger partial charge < -0.3 is 111 Å². The van der Waals surface area contributed by atoms with Crippen LogP contribution in [0.25, 0.3) is 21.7 Å². The Balaban J connectivity index is 1.20. The second kappa shape index (κ2) is 49.9. The normalized spacial score (nSPS) is 19.3. The minimum atomic E-state index is -1.98. The number of hydrogen-bond donors (Lipinski definition) is 18. The molecule has 0 unspecified atom stereocenters. The molecule has 6 aromatic rings. The molecule has 12 atom stereocenters. The average molecular weight is 1870 g/mol. The molecule has 0 aliphatic carbocycles. The van der Waals surface area contributed by atoms with Crippen LogP contribution in [0.4, 0.5) is 0 Å². The number of nitrogens with zero attached hydrogens (tertiary/aromatic N) is 2. The van der Waals surface area contributed by atoms with E-state index in [2.05, 4.69) is 73.8 Å². The Morgan fingerprint density at radius 3 is 1.95 bits per heavy atom. The van der Waals surface area contributed by atoms with Crippen molar-refractivity contribution in [2.75, 3.05) is 52.3 Å². The van der Waals surface area contributed by atoms with E-state index in [1.807, 2.05) is 19.1 Å². The number of fused-ring (bicyclic) bond motifs is 2. The largest absolute Gasteiger partial charge is 0.492 e. The van der Waals surface area contributed by atoms with Crippen LogP contribution in [0.15, 0.2) is 116 Å². The second-order valence-corrected chi connectivity index (χ2v) is 36.4. The lowest BCUT2D eigenvalue weighted by atomic mass is 9.80. The number of carbonyl (C=O) groups excluding carboxylic acids is 17. The number of rotatable bonds is 41. The first-order valence-electron chi connectivity index (χ1n) is 43.2. The number of primary amides is 2. The number of aromatic nitrogens is 2. The third kappa shape index (κ3) is 31.7. The van der Waals surface area contributed by atoms with Crippen molar-refractivity contribution in [2.45, 2.75) is 215 Å². The molecule has 42 heteroatoms. The predicted octanol–water partition coefficient (Wildman–Crippen LogP) is -0.735. The van der Waals surface area contributed by atoms with Crippen LogP contribution >= 0.6 is 21.6 Å². The summed E-state index contributed by atoms with van der Waals surface area (Å²) in [7, 11) is 3.08. The first kappa shape index (κ1) is 104. The van der Waals surface area contributed by atoms with Gasteiger partial charge in [0, 0.05) is 144 Å². The number of amides is 15. The number of aliphatic hydroxyl groups is 1. The van der Waals surface area contributed by atoms with E-state index >= 15 is 28.8 Å². The van der Waals surface area contributed by atoms with Crippen molar-refractivity contribution in [2.24, 2.45) is 23.1 Å². The summed E-state index contributed by atoms with van der Waals surface area (Å²) in [6.45, 7) is 9.26. The van der Waals surface area contributed by atoms with Crippen LogP contribution in [0.3, 0.4) is 0 Å². The Morgan fingerprint density at radius 1 is 0.667 bits per heavy atom. The zero-order valence-corrected chi connectivity index (χ0v) is 76.4. The van der Waals surface area contributed by atoms with Gasteiger partial charge in [0.2, 0.25) is 88.6 Å². The Bertz CT molecular complexity index is 5170. The van der Waals surface area contributed by atoms with Crippen LogP contribution < -0.4 is 85.7 Å². The average Bonchev–Trinajstić information content (AvgIpc) is 1.28. The first-order valence-corrected chi connectivity index (χ1v) is 45.5. The highest BCUT2D eigenvalue weighted by Crippen LogP contribution is 2.39. The van der Waals surface area contributed by atoms with Gasteiger partial charge in [-0.05, 0) is 117 Å². The Morgan fingerprint density at radius 2 is 1.30 bits per heavy atom. The molecule has 0 bridgehead atoms. The van der Waals surface area contributed by atoms with Crippen LogP contribution in [0, 0.1) is 12.8 Å². The molecule has 8 rings (SSSR count). The SMILES string of the molecule is CC(=O)CN(C)C(=O)[C@H](Cc1cccnc1)NC(=O)[C@H](CC(N)=O)NC(=O)[C@H](CCC(=O)O)CC(=O)C1(NC(=O)[C@H](Cc2ccc3ccccc3c2)NC(=O)[C@H](Cc2ccc(OCCN)cc2)NC(=O)[C@H]2NC(=O)[C@H](CCCCNC(C)=O)NC(=O)[C@H](Cc3c[nH]c4c(C)cccc34)NC(=O)[C@H]([C@@H](C)O)NC(=O)[C@H](CC(N)=O)NC(=O)[C@@H](NC(C)=O)CSSC2(C)C)CCOCC1. The van der Waals surface area contributed by atoms with Crippen molar-refractivity contribution in [3.8, 4) is 5.75 Å². The van der Waals surface area contributed by atoms with Gasteiger partial charge in [-0.15, -0.1) is 0 Å². The van der Waals surface area contributed by atoms with Crippen molar-refractivity contribution in [3.05, 3.63) is 143 Å². The maximum absolute atomic E-state index is 16.2. The summed E-state index contributed by atoms with van der Waals surface area (Å²) in [6, 6.07) is 10.0. The zero-order valence-electron chi connectivity index (χ0n) is 74.7. The molecule has 0 radical (unpaired) electrons. The fraction of sp³-hybridized carbons (Fsp3) is 0.478. The summed E-state index contributed by atoms with van der Waals surface area (Å²) >= 11 is 0. The standard InChI is InChI=1S/C90H118N18O22S2/c1-49-15-13-19-62-60(46-96-75(49)62)41-66-81(121)98-63(20-11-12-33-95-52(4)111)79(119)106-77(89(6,7)132-131-48-70(97-53(5)112)84(124)101-68(44-73(93)115)83(123)105-76(51(3)110)86(126)102-66)87(127)103-64(38-54-22-26-61(27-23-54)130-36-31-91)80(120)100-65(39-55-21-24-57-17-9-10-18-58(57)37-55)85(125)107-90(29-34-129-35-30-90)71(113)42-59(25-28-74(116)117)78(118)99-67(43-72(92)114)82(122)104-69(40-56-16-14-32-94-45-56)88(128)108(8)47-50(2)109/h9-10,13-19,21-24,26-27,32,37,45-46,51,59,63-70,76-77,96,110H,11-12,20,25,28-31,33-36,38-44,47-48,91H2,1-8H3,(H2,92,114)(H2,93,115)(H,95,111)(H,97,112)(H,98,121)(H,99,118)(H,100,120)(H,101,124)(H,102,126)(H,103,127)(H,104,122)(H,105,123)(H,106,119)(H,107,125)(H,116,117)/t51-,59-,63+,64+,65+,66+,67+,68+,69+,70+,76+,77-/m1/s1. The number of para-hydroxylation sites is 1. The number of aromatic amines is 1. The molecule has 2 fully saturated rings. The number of ether oxygens (including phenoxy) is 2. The van der Waals surface area contributed by atoms with E-state index in [1.165, 1.54) is 47.1 Å². The van der Waals surface area contributed by atoms with Gasteiger partial charge in [0.05, 0.1) is 25.5 Å². The van der Waals surface area contributed by atoms with Gasteiger partial charge in [0.1, 0.15) is 84.1 Å². The maximum Gasteiger partial charge on any atom is 0.303 e. The van der Waals surface area contributed by atoms with E-state index in [0.717, 1.165) is 51.3 Å². The summed E-state index contributed by atoms with van der Waals surface area (Å²) in [4.78, 5) is 265. The molecule has 2 aliphatic rings. The molecule has 0 saturated carbocycles. The Labute approximate surface area is 769 Å². The molecule has 2 saturated heterocycles. The number of nitrogens with one attached hydrogen (secondary N) is 13. The summed E-state index contributed by atoms with van der Waals surface area (Å²) in [5.41, 5.74) is 18.3. The van der Waals surface area contributed by atoms with E-state index < -0.39 is 227 Å². The molecule has 132 heavy (non-hydrogen) atoms. The van der Waals surface area contributed by atoms with Crippen molar-refractivity contribution in [1.82, 2.24) is 78.7 Å². The number of nitrogens with two attached hydrogens (primary N) is 3. The van der Waals surface area contributed by atoms with Crippen molar-refractivity contribution in [3.63, 3.8) is 0 Å². The lowest BCUT2D eigenvalue weighted by Gasteiger charge is -2.38. The molecule has 712 valence electrons. The number of unbranched alkanes of at least 4 members (excludes halogenated alkanes) is 1. The van der Waals surface area contributed by atoms with E-state index in [0.29, 0.717) is 44.3 Å². The highest BCUT2D eigenvalue weighted by atomic mass is 33.1. The summed E-state index contributed by atoms with van der Waals surface area (Å²) in [5.74, 6) is -19.2. The number of H-pyrrole nitrogens is 1. The van der Waals surface area contributed by atoms with E-state index in [1.54, 1.807) is 91.1 Å². The van der Waals surface area contributed by atoms with Gasteiger partial charge in [-0.2, -0.15) is 0 Å². The molecule has 4 heterocycles. The lowest BCUT2D eigenvalue weighted by molar-refractivity contribution is -0.142. The molecule has 2 aliphatic heterocycles. The number of carboxylic acids is 1. The number of aliphatic carboxylic acids is 1. The van der Waals surface area contributed by atoms with E-state index in [-0.39, 0.29) is 96.7 Å². The second-order valence-electron chi connectivity index (χ2n) is 33.4. The smallest absolute Gasteiger partial charge is 0.303 e. The van der Waals surface area contributed by atoms with Gasteiger partial charge in [-0.25, -0.2) is 0 Å². The monoisotopic (exact) mass is 1870 g/mol. The van der Waals surface area contributed by atoms with Crippen LogP contribution in [0.1, 0.15) is 134 Å². The molecule has 0 spiro atoms. The molecule has 2 aromatic heterocycles. The molecular weight excluding hydrogens is 1750 g/mol. The van der Waals surface area contributed by atoms with Crippen molar-refractivity contribution in [1.29, 1.82) is 0 Å². The lowest BCUT2D eigenvalue weighted by Crippen LogP contribution is -2.65. The van der Waals surface area contributed by atoms with Gasteiger partial charge in [-0.1, -0.05) is 100 Å².